The lowest BCUT2D eigenvalue weighted by atomic mass is 9.98. The molecule has 0 saturated heterocycles. The third kappa shape index (κ3) is 2.86. The molecule has 2 atom stereocenters. The summed E-state index contributed by atoms with van der Waals surface area (Å²) in [6.07, 6.45) is 3.65. The van der Waals surface area contributed by atoms with Crippen LogP contribution in [0.3, 0.4) is 0 Å². The zero-order chi connectivity index (χ0) is 15.5. The number of urea groups is 1. The molecule has 1 aliphatic heterocycles. The van der Waals surface area contributed by atoms with Gasteiger partial charge in [0.1, 0.15) is 0 Å². The van der Waals surface area contributed by atoms with E-state index >= 15 is 0 Å². The molecule has 4 nitrogen and oxygen atoms in total. The van der Waals surface area contributed by atoms with Crippen molar-refractivity contribution in [1.82, 2.24) is 15.2 Å². The summed E-state index contributed by atoms with van der Waals surface area (Å²) in [7, 11) is 0. The molecule has 22 heavy (non-hydrogen) atoms. The zero-order valence-corrected chi connectivity index (χ0v) is 13.8. The van der Waals surface area contributed by atoms with Crippen molar-refractivity contribution < 1.29 is 4.79 Å². The third-order valence-electron chi connectivity index (χ3n) is 4.21. The van der Waals surface area contributed by atoms with Gasteiger partial charge in [0.15, 0.2) is 0 Å². The first kappa shape index (κ1) is 15.0. The van der Waals surface area contributed by atoms with Gasteiger partial charge in [0.2, 0.25) is 0 Å². The molecule has 0 saturated carbocycles. The summed E-state index contributed by atoms with van der Waals surface area (Å²) >= 11 is 1.80. The monoisotopic (exact) mass is 315 g/mol. The number of nitrogens with one attached hydrogen (secondary N) is 1. The van der Waals surface area contributed by atoms with Crippen LogP contribution < -0.4 is 5.32 Å². The lowest BCUT2D eigenvalue weighted by Gasteiger charge is -2.36. The van der Waals surface area contributed by atoms with Crippen LogP contribution in [0.1, 0.15) is 48.5 Å². The van der Waals surface area contributed by atoms with E-state index in [0.29, 0.717) is 0 Å². The summed E-state index contributed by atoms with van der Waals surface area (Å²) in [5, 5.41) is 5.21. The van der Waals surface area contributed by atoms with Gasteiger partial charge in [-0.05, 0) is 48.9 Å². The van der Waals surface area contributed by atoms with Crippen LogP contribution >= 0.6 is 11.3 Å². The molecule has 3 heterocycles. The fourth-order valence-electron chi connectivity index (χ4n) is 3.05. The lowest BCUT2D eigenvalue weighted by molar-refractivity contribution is 0.165. The largest absolute Gasteiger partial charge is 0.330 e. The molecule has 0 aliphatic carbocycles. The maximum Gasteiger partial charge on any atom is 0.318 e. The van der Waals surface area contributed by atoms with E-state index in [4.69, 9.17) is 0 Å². The summed E-state index contributed by atoms with van der Waals surface area (Å²) in [5.74, 6) is 0. The first-order chi connectivity index (χ1) is 10.7. The first-order valence-electron chi connectivity index (χ1n) is 7.75. The van der Waals surface area contributed by atoms with E-state index in [2.05, 4.69) is 28.7 Å². The smallest absolute Gasteiger partial charge is 0.318 e. The Morgan fingerprint density at radius 2 is 2.36 bits per heavy atom. The van der Waals surface area contributed by atoms with Gasteiger partial charge in [-0.15, -0.1) is 11.3 Å². The van der Waals surface area contributed by atoms with Crippen molar-refractivity contribution in [2.45, 2.75) is 38.8 Å². The number of pyridine rings is 1. The molecule has 5 heteroatoms. The van der Waals surface area contributed by atoms with Gasteiger partial charge in [-0.3, -0.25) is 4.98 Å². The number of amides is 2. The van der Waals surface area contributed by atoms with Gasteiger partial charge >= 0.3 is 6.03 Å². The number of hydrogen-bond donors (Lipinski definition) is 1. The van der Waals surface area contributed by atoms with Gasteiger partial charge in [-0.1, -0.05) is 13.0 Å². The van der Waals surface area contributed by atoms with Gasteiger partial charge in [0.25, 0.3) is 0 Å². The van der Waals surface area contributed by atoms with E-state index in [1.807, 2.05) is 30.0 Å². The summed E-state index contributed by atoms with van der Waals surface area (Å²) in [4.78, 5) is 20.4. The Hall–Kier alpha value is -1.88. The number of rotatable bonds is 3. The molecule has 1 N–H and O–H groups in total. The van der Waals surface area contributed by atoms with Crippen molar-refractivity contribution in [1.29, 1.82) is 0 Å². The summed E-state index contributed by atoms with van der Waals surface area (Å²) in [6, 6.07) is 8.03. The maximum absolute atomic E-state index is 12.7. The highest BCUT2D eigenvalue weighted by Crippen LogP contribution is 2.35. The van der Waals surface area contributed by atoms with Gasteiger partial charge in [-0.25, -0.2) is 4.79 Å². The van der Waals surface area contributed by atoms with Crippen LogP contribution in [0, 0.1) is 0 Å². The molecule has 116 valence electrons. The number of hydrogen-bond acceptors (Lipinski definition) is 3. The number of aromatic nitrogens is 1. The summed E-state index contributed by atoms with van der Waals surface area (Å²) < 4.78 is 0. The van der Waals surface area contributed by atoms with Gasteiger partial charge in [-0.2, -0.15) is 0 Å². The molecule has 2 amide bonds. The number of thiophene rings is 1. The van der Waals surface area contributed by atoms with E-state index in [1.165, 1.54) is 10.4 Å². The Morgan fingerprint density at radius 1 is 1.50 bits per heavy atom. The van der Waals surface area contributed by atoms with E-state index in [1.54, 1.807) is 17.5 Å². The predicted molar refractivity (Wildman–Crippen MR) is 88.9 cm³/mol. The van der Waals surface area contributed by atoms with Crippen LogP contribution in [-0.4, -0.2) is 22.5 Å². The highest BCUT2D eigenvalue weighted by molar-refractivity contribution is 7.10. The topological polar surface area (TPSA) is 45.2 Å². The van der Waals surface area contributed by atoms with Crippen LogP contribution in [0.2, 0.25) is 0 Å². The summed E-state index contributed by atoms with van der Waals surface area (Å²) in [5.41, 5.74) is 2.21. The lowest BCUT2D eigenvalue weighted by Crippen LogP contribution is -2.45. The molecule has 2 unspecified atom stereocenters. The van der Waals surface area contributed by atoms with Crippen molar-refractivity contribution >= 4 is 17.4 Å². The normalized spacial score (nSPS) is 18.6. The summed E-state index contributed by atoms with van der Waals surface area (Å²) in [6.45, 7) is 4.90. The third-order valence-corrected chi connectivity index (χ3v) is 5.21. The fourth-order valence-corrected chi connectivity index (χ4v) is 3.98. The van der Waals surface area contributed by atoms with Crippen LogP contribution in [0.5, 0.6) is 0 Å². The number of nitrogens with zero attached hydrogens (tertiary/aromatic N) is 2. The highest BCUT2D eigenvalue weighted by atomic mass is 32.1. The minimum absolute atomic E-state index is 0.00172. The van der Waals surface area contributed by atoms with Crippen molar-refractivity contribution in [2.75, 3.05) is 6.54 Å². The van der Waals surface area contributed by atoms with E-state index < -0.39 is 0 Å². The fraction of sp³-hybridized carbons (Fsp3) is 0.412. The van der Waals surface area contributed by atoms with E-state index in [0.717, 1.165) is 25.1 Å². The van der Waals surface area contributed by atoms with Crippen molar-refractivity contribution in [3.63, 3.8) is 0 Å². The number of carbonyl (C=O) groups is 1. The van der Waals surface area contributed by atoms with Crippen LogP contribution in [0.15, 0.2) is 35.8 Å². The molecule has 3 rings (SSSR count). The van der Waals surface area contributed by atoms with Gasteiger partial charge in [0.05, 0.1) is 17.8 Å². The molecule has 1 aliphatic rings. The number of fused-ring (bicyclic) bond motifs is 1. The maximum atomic E-state index is 12.7. The Morgan fingerprint density at radius 3 is 3.09 bits per heavy atom. The van der Waals surface area contributed by atoms with E-state index in [9.17, 15) is 4.79 Å². The van der Waals surface area contributed by atoms with Crippen LogP contribution in [0.4, 0.5) is 4.79 Å². The number of carbonyl (C=O) groups excluding carboxylic acids is 1. The Kier molecular flexibility index (Phi) is 4.43. The Balaban J connectivity index is 1.72. The predicted octanol–water partition coefficient (Wildman–Crippen LogP) is 3.92. The molecular weight excluding hydrogens is 294 g/mol. The van der Waals surface area contributed by atoms with Crippen LogP contribution in [-0.2, 0) is 6.42 Å². The van der Waals surface area contributed by atoms with E-state index in [-0.39, 0.29) is 18.1 Å². The van der Waals surface area contributed by atoms with Gasteiger partial charge < -0.3 is 10.2 Å². The molecule has 2 aromatic heterocycles. The Bertz CT molecular complexity index is 640. The van der Waals surface area contributed by atoms with Gasteiger partial charge in [0, 0.05) is 17.6 Å². The average Bonchev–Trinajstić information content (AvgIpc) is 3.03. The van der Waals surface area contributed by atoms with Crippen molar-refractivity contribution in [3.05, 3.63) is 52.0 Å². The molecule has 0 spiro atoms. The SMILES string of the molecule is CCC1c2ccsc2CCN1C(=O)NC(C)c1ccccn1. The molecule has 0 fully saturated rings. The second-order valence-corrected chi connectivity index (χ2v) is 6.59. The van der Waals surface area contributed by atoms with Crippen LogP contribution in [0.25, 0.3) is 0 Å². The van der Waals surface area contributed by atoms with Crippen molar-refractivity contribution in [3.8, 4) is 0 Å². The standard InChI is InChI=1S/C17H21N3OS/c1-3-15-13-8-11-22-16(13)7-10-20(15)17(21)19-12(2)14-6-4-5-9-18-14/h4-6,8-9,11-12,15H,3,7,10H2,1-2H3,(H,19,21). The Labute approximate surface area is 135 Å². The molecule has 0 aromatic carbocycles. The second kappa shape index (κ2) is 6.48. The first-order valence-corrected chi connectivity index (χ1v) is 8.63. The minimum atomic E-state index is -0.0879. The quantitative estimate of drug-likeness (QED) is 0.933. The molecule has 0 bridgehead atoms. The van der Waals surface area contributed by atoms with Crippen molar-refractivity contribution in [2.24, 2.45) is 0 Å². The highest BCUT2D eigenvalue weighted by Gasteiger charge is 2.30. The average molecular weight is 315 g/mol. The second-order valence-electron chi connectivity index (χ2n) is 5.59. The zero-order valence-electron chi connectivity index (χ0n) is 13.0. The molecular formula is C17H21N3OS. The minimum Gasteiger partial charge on any atom is -0.330 e. The molecule has 2 aromatic rings. The molecule has 0 radical (unpaired) electrons.